The van der Waals surface area contributed by atoms with Crippen molar-refractivity contribution in [1.29, 1.82) is 0 Å². The van der Waals surface area contributed by atoms with E-state index in [4.69, 9.17) is 4.74 Å². The molecule has 8 heteroatoms. The van der Waals surface area contributed by atoms with Gasteiger partial charge in [-0.15, -0.1) is 0 Å². The second-order valence-corrected chi connectivity index (χ2v) is 6.61. The predicted octanol–water partition coefficient (Wildman–Crippen LogP) is 1.96. The average Bonchev–Trinajstić information content (AvgIpc) is 3.00. The van der Waals surface area contributed by atoms with Gasteiger partial charge in [0, 0.05) is 6.42 Å². The molecule has 0 aliphatic carbocycles. The SMILES string of the molecule is CC(C)C(NC(=O)OCc1ccccc1)C(=O)N1C[C@@H](F)CC1C(=O)O. The number of rotatable bonds is 6. The van der Waals surface area contributed by atoms with Gasteiger partial charge in [0.25, 0.3) is 0 Å². The first-order chi connectivity index (χ1) is 12.3. The van der Waals surface area contributed by atoms with Crippen molar-refractivity contribution in [3.8, 4) is 0 Å². The summed E-state index contributed by atoms with van der Waals surface area (Å²) in [7, 11) is 0. The van der Waals surface area contributed by atoms with Gasteiger partial charge in [-0.2, -0.15) is 0 Å². The first kappa shape index (κ1) is 19.7. The molecule has 1 aromatic carbocycles. The van der Waals surface area contributed by atoms with E-state index in [0.717, 1.165) is 10.5 Å². The van der Waals surface area contributed by atoms with Crippen molar-refractivity contribution in [3.63, 3.8) is 0 Å². The maximum atomic E-state index is 13.6. The molecule has 1 heterocycles. The Bertz CT molecular complexity index is 652. The van der Waals surface area contributed by atoms with Gasteiger partial charge < -0.3 is 20.1 Å². The number of amides is 2. The number of carboxylic acid groups (broad SMARTS) is 1. The summed E-state index contributed by atoms with van der Waals surface area (Å²) in [5, 5.41) is 11.7. The zero-order chi connectivity index (χ0) is 19.3. The number of alkyl halides is 1. The largest absolute Gasteiger partial charge is 0.480 e. The highest BCUT2D eigenvalue weighted by molar-refractivity contribution is 5.90. The molecule has 7 nitrogen and oxygen atoms in total. The second-order valence-electron chi connectivity index (χ2n) is 6.61. The minimum absolute atomic E-state index is 0.0414. The summed E-state index contributed by atoms with van der Waals surface area (Å²) in [6, 6.07) is 6.83. The van der Waals surface area contributed by atoms with E-state index in [-0.39, 0.29) is 25.5 Å². The number of carbonyl (C=O) groups excluding carboxylic acids is 2. The highest BCUT2D eigenvalue weighted by Gasteiger charge is 2.43. The van der Waals surface area contributed by atoms with E-state index in [0.29, 0.717) is 0 Å². The minimum atomic E-state index is -1.39. The number of hydrogen-bond acceptors (Lipinski definition) is 4. The summed E-state index contributed by atoms with van der Waals surface area (Å²) < 4.78 is 18.7. The van der Waals surface area contributed by atoms with Crippen molar-refractivity contribution in [3.05, 3.63) is 35.9 Å². The van der Waals surface area contributed by atoms with Gasteiger partial charge in [-0.25, -0.2) is 14.0 Å². The third kappa shape index (κ3) is 4.93. The molecule has 142 valence electrons. The number of nitrogens with one attached hydrogen (secondary N) is 1. The number of ether oxygens (including phenoxy) is 1. The van der Waals surface area contributed by atoms with Crippen LogP contribution in [0.5, 0.6) is 0 Å². The highest BCUT2D eigenvalue weighted by Crippen LogP contribution is 2.23. The average molecular weight is 366 g/mol. The van der Waals surface area contributed by atoms with Crippen LogP contribution < -0.4 is 5.32 Å². The molecule has 1 saturated heterocycles. The van der Waals surface area contributed by atoms with Gasteiger partial charge in [0.05, 0.1) is 6.54 Å². The van der Waals surface area contributed by atoms with E-state index < -0.39 is 36.2 Å². The number of nitrogens with zero attached hydrogens (tertiary/aromatic N) is 1. The third-order valence-corrected chi connectivity index (χ3v) is 4.24. The zero-order valence-corrected chi connectivity index (χ0v) is 14.7. The molecule has 0 spiro atoms. The van der Waals surface area contributed by atoms with Crippen LogP contribution in [-0.2, 0) is 20.9 Å². The summed E-state index contributed by atoms with van der Waals surface area (Å²) >= 11 is 0. The van der Waals surface area contributed by atoms with Crippen LogP contribution in [0.3, 0.4) is 0 Å². The van der Waals surface area contributed by atoms with E-state index in [2.05, 4.69) is 5.32 Å². The molecule has 26 heavy (non-hydrogen) atoms. The Labute approximate surface area is 151 Å². The summed E-state index contributed by atoms with van der Waals surface area (Å²) in [6.07, 6.45) is -2.42. The maximum Gasteiger partial charge on any atom is 0.408 e. The van der Waals surface area contributed by atoms with Crippen LogP contribution in [0.15, 0.2) is 30.3 Å². The van der Waals surface area contributed by atoms with E-state index in [1.807, 2.05) is 18.2 Å². The van der Waals surface area contributed by atoms with Crippen LogP contribution in [0.2, 0.25) is 0 Å². The number of alkyl carbamates (subject to hydrolysis) is 1. The van der Waals surface area contributed by atoms with Crippen LogP contribution in [0, 0.1) is 5.92 Å². The van der Waals surface area contributed by atoms with Gasteiger partial charge in [0.1, 0.15) is 24.9 Å². The molecular formula is C18H23FN2O5. The third-order valence-electron chi connectivity index (χ3n) is 4.24. The van der Waals surface area contributed by atoms with Crippen LogP contribution in [-0.4, -0.2) is 52.8 Å². The summed E-state index contributed by atoms with van der Waals surface area (Å²) in [5.41, 5.74) is 0.792. The fraction of sp³-hybridized carbons (Fsp3) is 0.500. The number of benzene rings is 1. The molecule has 0 radical (unpaired) electrons. The molecule has 1 aliphatic rings. The number of carbonyl (C=O) groups is 3. The lowest BCUT2D eigenvalue weighted by Gasteiger charge is -2.28. The van der Waals surface area contributed by atoms with Gasteiger partial charge in [-0.3, -0.25) is 4.79 Å². The predicted molar refractivity (Wildman–Crippen MR) is 91.0 cm³/mol. The van der Waals surface area contributed by atoms with Crippen molar-refractivity contribution in [2.45, 2.75) is 45.1 Å². The molecule has 1 aliphatic heterocycles. The standard InChI is InChI=1S/C18H23FN2O5/c1-11(2)15(16(22)21-9-13(19)8-14(21)17(23)24)20-18(25)26-10-12-6-4-3-5-7-12/h3-7,11,13-15H,8-10H2,1-2H3,(H,20,25)(H,23,24)/t13-,14?,15?/m0/s1. The number of hydrogen-bond donors (Lipinski definition) is 2. The van der Waals surface area contributed by atoms with E-state index >= 15 is 0 Å². The number of likely N-dealkylation sites (tertiary alicyclic amines) is 1. The van der Waals surface area contributed by atoms with E-state index in [9.17, 15) is 23.9 Å². The van der Waals surface area contributed by atoms with Crippen molar-refractivity contribution >= 4 is 18.0 Å². The quantitative estimate of drug-likeness (QED) is 0.802. The maximum absolute atomic E-state index is 13.6. The molecule has 2 rings (SSSR count). The van der Waals surface area contributed by atoms with Gasteiger partial charge in [0.15, 0.2) is 0 Å². The van der Waals surface area contributed by atoms with Crippen LogP contribution in [0.4, 0.5) is 9.18 Å². The molecule has 0 saturated carbocycles. The molecule has 0 bridgehead atoms. The topological polar surface area (TPSA) is 95.9 Å². The molecular weight excluding hydrogens is 343 g/mol. The molecule has 2 N–H and O–H groups in total. The molecule has 3 atom stereocenters. The summed E-state index contributed by atoms with van der Waals surface area (Å²) in [5.74, 6) is -2.20. The van der Waals surface area contributed by atoms with Crippen LogP contribution >= 0.6 is 0 Å². The molecule has 1 fully saturated rings. The van der Waals surface area contributed by atoms with Crippen molar-refractivity contribution in [1.82, 2.24) is 10.2 Å². The number of aliphatic carboxylic acids is 1. The summed E-state index contributed by atoms with van der Waals surface area (Å²) in [4.78, 5) is 37.0. The van der Waals surface area contributed by atoms with Crippen molar-refractivity contribution in [2.75, 3.05) is 6.54 Å². The van der Waals surface area contributed by atoms with Crippen LogP contribution in [0.1, 0.15) is 25.8 Å². The Morgan fingerprint density at radius 2 is 1.96 bits per heavy atom. The Kier molecular flexibility index (Phi) is 6.54. The van der Waals surface area contributed by atoms with E-state index in [1.165, 1.54) is 0 Å². The highest BCUT2D eigenvalue weighted by atomic mass is 19.1. The lowest BCUT2D eigenvalue weighted by molar-refractivity contribution is -0.149. The molecule has 0 aromatic heterocycles. The molecule has 2 unspecified atom stereocenters. The fourth-order valence-corrected chi connectivity index (χ4v) is 2.85. The van der Waals surface area contributed by atoms with E-state index in [1.54, 1.807) is 26.0 Å². The first-order valence-electron chi connectivity index (χ1n) is 8.44. The Hall–Kier alpha value is -2.64. The Morgan fingerprint density at radius 3 is 2.54 bits per heavy atom. The first-order valence-corrected chi connectivity index (χ1v) is 8.44. The molecule has 1 aromatic rings. The Balaban J connectivity index is 2.00. The summed E-state index contributed by atoms with van der Waals surface area (Å²) in [6.45, 7) is 3.16. The minimum Gasteiger partial charge on any atom is -0.480 e. The normalized spacial score (nSPS) is 20.7. The van der Waals surface area contributed by atoms with Crippen molar-refractivity contribution in [2.24, 2.45) is 5.92 Å². The Morgan fingerprint density at radius 1 is 1.31 bits per heavy atom. The second kappa shape index (κ2) is 8.64. The number of carboxylic acids is 1. The van der Waals surface area contributed by atoms with Crippen molar-refractivity contribution < 1.29 is 28.6 Å². The lowest BCUT2D eigenvalue weighted by atomic mass is 10.0. The fourth-order valence-electron chi connectivity index (χ4n) is 2.85. The number of halogens is 1. The van der Waals surface area contributed by atoms with Crippen LogP contribution in [0.25, 0.3) is 0 Å². The van der Waals surface area contributed by atoms with Gasteiger partial charge in [-0.05, 0) is 11.5 Å². The van der Waals surface area contributed by atoms with Gasteiger partial charge in [0.2, 0.25) is 5.91 Å². The monoisotopic (exact) mass is 366 g/mol. The van der Waals surface area contributed by atoms with Gasteiger partial charge in [-0.1, -0.05) is 44.2 Å². The lowest BCUT2D eigenvalue weighted by Crippen LogP contribution is -2.54. The van der Waals surface area contributed by atoms with Gasteiger partial charge >= 0.3 is 12.1 Å². The smallest absolute Gasteiger partial charge is 0.408 e. The molecule has 2 amide bonds. The zero-order valence-electron chi connectivity index (χ0n) is 14.7.